The van der Waals surface area contributed by atoms with Crippen LogP contribution in [0.25, 0.3) is 16.8 Å². The number of methoxy groups -OCH3 is 2. The van der Waals surface area contributed by atoms with Gasteiger partial charge in [0.05, 0.1) is 19.8 Å². The molecule has 0 unspecified atom stereocenters. The average molecular weight is 352 g/mol. The summed E-state index contributed by atoms with van der Waals surface area (Å²) in [7, 11) is 3.33. The molecular weight excluding hydrogens is 324 g/mol. The van der Waals surface area contributed by atoms with Crippen LogP contribution in [0.15, 0.2) is 18.2 Å². The molecule has 0 fully saturated rings. The highest BCUT2D eigenvalue weighted by Crippen LogP contribution is 2.47. The zero-order chi connectivity index (χ0) is 19.4. The van der Waals surface area contributed by atoms with E-state index in [4.69, 9.17) is 9.47 Å². The summed E-state index contributed by atoms with van der Waals surface area (Å²) in [6, 6.07) is 4.34. The van der Waals surface area contributed by atoms with E-state index in [-0.39, 0.29) is 16.6 Å². The van der Waals surface area contributed by atoms with Crippen molar-refractivity contribution in [2.24, 2.45) is 0 Å². The smallest absolute Gasteiger partial charge is 0.190 e. The second-order valence-electron chi connectivity index (χ2n) is 9.00. The van der Waals surface area contributed by atoms with Crippen LogP contribution < -0.4 is 9.47 Å². The fourth-order valence-electron chi connectivity index (χ4n) is 3.75. The summed E-state index contributed by atoms with van der Waals surface area (Å²) in [5.41, 5.74) is 3.57. The van der Waals surface area contributed by atoms with Gasteiger partial charge in [-0.1, -0.05) is 41.5 Å². The topological polar surface area (TPSA) is 35.5 Å². The predicted octanol–water partition coefficient (Wildman–Crippen LogP) is 5.66. The van der Waals surface area contributed by atoms with Crippen molar-refractivity contribution in [1.29, 1.82) is 0 Å². The third kappa shape index (κ3) is 2.70. The molecule has 0 saturated carbocycles. The lowest BCUT2D eigenvalue weighted by Gasteiger charge is -2.29. The third-order valence-corrected chi connectivity index (χ3v) is 5.04. The van der Waals surface area contributed by atoms with Crippen LogP contribution in [-0.4, -0.2) is 20.0 Å². The summed E-state index contributed by atoms with van der Waals surface area (Å²) in [6.07, 6.45) is 3.50. The highest BCUT2D eigenvalue weighted by atomic mass is 16.5. The number of carbonyl (C=O) groups is 1. The van der Waals surface area contributed by atoms with Crippen molar-refractivity contribution in [3.63, 3.8) is 0 Å². The van der Waals surface area contributed by atoms with Crippen molar-refractivity contribution < 1.29 is 14.3 Å². The molecule has 1 aliphatic carbocycles. The van der Waals surface area contributed by atoms with Crippen molar-refractivity contribution in [1.82, 2.24) is 0 Å². The van der Waals surface area contributed by atoms with Gasteiger partial charge in [0, 0.05) is 22.1 Å². The molecule has 2 aromatic rings. The van der Waals surface area contributed by atoms with Crippen LogP contribution in [0, 0.1) is 0 Å². The van der Waals surface area contributed by atoms with Crippen molar-refractivity contribution in [3.05, 3.63) is 40.5 Å². The number of ketones is 1. The molecule has 0 heterocycles. The number of hydrogen-bond donors (Lipinski definition) is 0. The fraction of sp³-hybridized carbons (Fsp3) is 0.435. The van der Waals surface area contributed by atoms with E-state index < -0.39 is 0 Å². The Morgan fingerprint density at radius 2 is 1.27 bits per heavy atom. The molecule has 3 rings (SSSR count). The van der Waals surface area contributed by atoms with Gasteiger partial charge in [-0.25, -0.2) is 0 Å². The maximum atomic E-state index is 12.8. The van der Waals surface area contributed by atoms with Gasteiger partial charge in [-0.3, -0.25) is 4.79 Å². The molecular formula is C23H28O3. The number of carbonyl (C=O) groups excluding carboxylic acids is 1. The quantitative estimate of drug-likeness (QED) is 0.699. The van der Waals surface area contributed by atoms with Crippen molar-refractivity contribution in [2.45, 2.75) is 52.4 Å². The Balaban J connectivity index is 2.58. The third-order valence-electron chi connectivity index (χ3n) is 5.04. The van der Waals surface area contributed by atoms with Gasteiger partial charge in [-0.2, -0.15) is 0 Å². The van der Waals surface area contributed by atoms with Gasteiger partial charge in [-0.05, 0) is 40.5 Å². The molecule has 0 amide bonds. The minimum atomic E-state index is -0.139. The standard InChI is InChI=1S/C23H28O3/c1-22(2,3)15-11-13-12-16(23(4,5)6)21(26-8)19-17(24)10-9-14(18(13)19)20(15)25-7/h9-12H,1-8H3. The van der Waals surface area contributed by atoms with Crippen LogP contribution in [0.3, 0.4) is 0 Å². The van der Waals surface area contributed by atoms with Gasteiger partial charge in [-0.15, -0.1) is 0 Å². The van der Waals surface area contributed by atoms with E-state index in [2.05, 4.69) is 53.7 Å². The van der Waals surface area contributed by atoms with Gasteiger partial charge in [0.25, 0.3) is 0 Å². The van der Waals surface area contributed by atoms with Crippen molar-refractivity contribution in [2.75, 3.05) is 14.2 Å². The molecule has 2 aromatic carbocycles. The van der Waals surface area contributed by atoms with Crippen LogP contribution in [0.4, 0.5) is 0 Å². The van der Waals surface area contributed by atoms with E-state index in [1.54, 1.807) is 20.3 Å². The summed E-state index contributed by atoms with van der Waals surface area (Å²) in [5.74, 6) is 1.49. The highest BCUT2D eigenvalue weighted by molar-refractivity contribution is 6.22. The SMILES string of the molecule is COc1c(C(C)(C)C)cc2cc(C(C)(C)C)c(OC)c3c2c1C=CC3=O. The second kappa shape index (κ2) is 5.87. The lowest BCUT2D eigenvalue weighted by molar-refractivity contribution is 0.104. The number of ether oxygens (including phenoxy) is 2. The first-order chi connectivity index (χ1) is 12.0. The number of rotatable bonds is 2. The lowest BCUT2D eigenvalue weighted by Crippen LogP contribution is -2.18. The molecule has 138 valence electrons. The maximum absolute atomic E-state index is 12.8. The van der Waals surface area contributed by atoms with Crippen LogP contribution >= 0.6 is 0 Å². The summed E-state index contributed by atoms with van der Waals surface area (Å²) >= 11 is 0. The molecule has 26 heavy (non-hydrogen) atoms. The van der Waals surface area contributed by atoms with Gasteiger partial charge in [0.2, 0.25) is 0 Å². The number of allylic oxidation sites excluding steroid dienone is 1. The van der Waals surface area contributed by atoms with E-state index in [0.29, 0.717) is 11.3 Å². The molecule has 0 radical (unpaired) electrons. The molecule has 0 aromatic heterocycles. The zero-order valence-electron chi connectivity index (χ0n) is 17.0. The van der Waals surface area contributed by atoms with Crippen molar-refractivity contribution in [3.8, 4) is 11.5 Å². The monoisotopic (exact) mass is 352 g/mol. The van der Waals surface area contributed by atoms with Gasteiger partial charge in [0.15, 0.2) is 5.78 Å². The van der Waals surface area contributed by atoms with E-state index in [0.717, 1.165) is 33.2 Å². The van der Waals surface area contributed by atoms with Gasteiger partial charge in [0.1, 0.15) is 11.5 Å². The van der Waals surface area contributed by atoms with Crippen molar-refractivity contribution >= 4 is 22.6 Å². The van der Waals surface area contributed by atoms with Crippen LogP contribution in [0.2, 0.25) is 0 Å². The zero-order valence-corrected chi connectivity index (χ0v) is 17.0. The summed E-state index contributed by atoms with van der Waals surface area (Å²) in [5, 5.41) is 1.98. The van der Waals surface area contributed by atoms with Crippen LogP contribution in [0.1, 0.15) is 68.6 Å². The maximum Gasteiger partial charge on any atom is 0.190 e. The number of benzene rings is 2. The minimum absolute atomic E-state index is 0.0176. The molecule has 3 heteroatoms. The normalized spacial score (nSPS) is 14.1. The lowest BCUT2D eigenvalue weighted by atomic mass is 9.77. The average Bonchev–Trinajstić information content (AvgIpc) is 2.54. The molecule has 1 aliphatic rings. The van der Waals surface area contributed by atoms with Crippen LogP contribution in [0.5, 0.6) is 11.5 Å². The first-order valence-electron chi connectivity index (χ1n) is 8.99. The van der Waals surface area contributed by atoms with E-state index >= 15 is 0 Å². The fourth-order valence-corrected chi connectivity index (χ4v) is 3.75. The Morgan fingerprint density at radius 1 is 0.769 bits per heavy atom. The molecule has 3 nitrogen and oxygen atoms in total. The summed E-state index contributed by atoms with van der Waals surface area (Å²) in [6.45, 7) is 13.0. The van der Waals surface area contributed by atoms with E-state index in [1.165, 1.54) is 0 Å². The Morgan fingerprint density at radius 3 is 1.73 bits per heavy atom. The van der Waals surface area contributed by atoms with Gasteiger partial charge < -0.3 is 9.47 Å². The minimum Gasteiger partial charge on any atom is -0.496 e. The summed E-state index contributed by atoms with van der Waals surface area (Å²) in [4.78, 5) is 12.8. The largest absolute Gasteiger partial charge is 0.496 e. The summed E-state index contributed by atoms with van der Waals surface area (Å²) < 4.78 is 11.5. The van der Waals surface area contributed by atoms with E-state index in [1.807, 2.05) is 6.08 Å². The highest BCUT2D eigenvalue weighted by Gasteiger charge is 2.31. The first kappa shape index (κ1) is 18.5. The molecule has 0 saturated heterocycles. The second-order valence-corrected chi connectivity index (χ2v) is 9.00. The Labute approximate surface area is 156 Å². The van der Waals surface area contributed by atoms with Gasteiger partial charge >= 0.3 is 0 Å². The van der Waals surface area contributed by atoms with Crippen LogP contribution in [-0.2, 0) is 10.8 Å². The molecule has 0 spiro atoms. The first-order valence-corrected chi connectivity index (χ1v) is 8.99. The molecule has 0 aliphatic heterocycles. The van der Waals surface area contributed by atoms with E-state index in [9.17, 15) is 4.79 Å². The number of hydrogen-bond acceptors (Lipinski definition) is 3. The Hall–Kier alpha value is -2.29. The Bertz CT molecular complexity index is 930. The Kier molecular flexibility index (Phi) is 4.18. The predicted molar refractivity (Wildman–Crippen MR) is 108 cm³/mol. The molecule has 0 N–H and O–H groups in total. The molecule has 0 bridgehead atoms. The molecule has 0 atom stereocenters.